The number of rotatable bonds is 9. The molecule has 1 N–H and O–H groups in total. The fourth-order valence-corrected chi connectivity index (χ4v) is 2.89. The van der Waals surface area contributed by atoms with Gasteiger partial charge in [-0.1, -0.05) is 45.4 Å². The van der Waals surface area contributed by atoms with Crippen molar-refractivity contribution in [3.05, 3.63) is 29.3 Å². The Hall–Kier alpha value is -1.02. The van der Waals surface area contributed by atoms with E-state index in [0.717, 1.165) is 25.3 Å². The van der Waals surface area contributed by atoms with E-state index in [1.54, 1.807) is 7.11 Å². The molecule has 0 bridgehead atoms. The van der Waals surface area contributed by atoms with Crippen molar-refractivity contribution in [1.29, 1.82) is 0 Å². The van der Waals surface area contributed by atoms with Crippen LogP contribution in [-0.4, -0.2) is 20.2 Å². The van der Waals surface area contributed by atoms with Crippen molar-refractivity contribution in [2.45, 2.75) is 53.9 Å². The lowest BCUT2D eigenvalue weighted by molar-refractivity contribution is 0.240. The molecule has 1 rings (SSSR count). The average molecular weight is 291 g/mol. The van der Waals surface area contributed by atoms with Crippen LogP contribution in [0.1, 0.15) is 51.7 Å². The number of aryl methyl sites for hydroxylation is 1. The highest BCUT2D eigenvalue weighted by Gasteiger charge is 2.27. The molecule has 0 aliphatic rings. The molecular formula is C19H33NO. The molecule has 0 spiro atoms. The van der Waals surface area contributed by atoms with Crippen molar-refractivity contribution < 1.29 is 4.74 Å². The fraction of sp³-hybridized carbons (Fsp3) is 0.684. The Morgan fingerprint density at radius 2 is 1.86 bits per heavy atom. The minimum Gasteiger partial charge on any atom is -0.496 e. The van der Waals surface area contributed by atoms with Crippen LogP contribution < -0.4 is 10.1 Å². The number of ether oxygens (including phenoxy) is 1. The van der Waals surface area contributed by atoms with Gasteiger partial charge in [-0.25, -0.2) is 0 Å². The first kappa shape index (κ1) is 18.0. The summed E-state index contributed by atoms with van der Waals surface area (Å²) in [6.45, 7) is 13.5. The van der Waals surface area contributed by atoms with E-state index in [2.05, 4.69) is 58.1 Å². The molecule has 0 fully saturated rings. The van der Waals surface area contributed by atoms with Gasteiger partial charge >= 0.3 is 0 Å². The topological polar surface area (TPSA) is 21.3 Å². The summed E-state index contributed by atoms with van der Waals surface area (Å²) in [5.41, 5.74) is 2.96. The zero-order valence-electron chi connectivity index (χ0n) is 14.8. The Labute approximate surface area is 131 Å². The lowest BCUT2D eigenvalue weighted by Crippen LogP contribution is -2.37. The second-order valence-corrected chi connectivity index (χ2v) is 6.72. The summed E-state index contributed by atoms with van der Waals surface area (Å²) >= 11 is 0. The Balaban J connectivity index is 2.88. The van der Waals surface area contributed by atoms with Gasteiger partial charge in [-0.3, -0.25) is 0 Å². The van der Waals surface area contributed by atoms with Gasteiger partial charge in [-0.15, -0.1) is 0 Å². The Morgan fingerprint density at radius 1 is 1.19 bits per heavy atom. The molecule has 0 aliphatic heterocycles. The van der Waals surface area contributed by atoms with E-state index in [4.69, 9.17) is 4.74 Å². The first-order valence-corrected chi connectivity index (χ1v) is 8.30. The molecule has 1 aromatic rings. The van der Waals surface area contributed by atoms with Crippen LogP contribution in [0.25, 0.3) is 0 Å². The molecule has 2 nitrogen and oxygen atoms in total. The van der Waals surface area contributed by atoms with E-state index in [0.29, 0.717) is 11.3 Å². The summed E-state index contributed by atoms with van der Waals surface area (Å²) in [6.07, 6.45) is 3.45. The molecule has 0 aromatic heterocycles. The third-order valence-electron chi connectivity index (χ3n) is 4.55. The Kier molecular flexibility index (Phi) is 7.24. The number of benzene rings is 1. The molecule has 0 saturated carbocycles. The van der Waals surface area contributed by atoms with Crippen LogP contribution in [0.2, 0.25) is 0 Å². The highest BCUT2D eigenvalue weighted by molar-refractivity contribution is 5.37. The molecular weight excluding hydrogens is 258 g/mol. The van der Waals surface area contributed by atoms with Crippen LogP contribution in [0.15, 0.2) is 18.2 Å². The van der Waals surface area contributed by atoms with E-state index in [-0.39, 0.29) is 0 Å². The average Bonchev–Trinajstić information content (AvgIpc) is 2.46. The molecule has 1 aromatic carbocycles. The number of hydrogen-bond donors (Lipinski definition) is 1. The van der Waals surface area contributed by atoms with Gasteiger partial charge in [-0.05, 0) is 55.7 Å². The maximum Gasteiger partial charge on any atom is 0.122 e. The van der Waals surface area contributed by atoms with Crippen molar-refractivity contribution in [2.24, 2.45) is 11.3 Å². The first-order chi connectivity index (χ1) is 9.96. The molecule has 0 radical (unpaired) electrons. The molecule has 21 heavy (non-hydrogen) atoms. The van der Waals surface area contributed by atoms with Crippen molar-refractivity contribution in [3.8, 4) is 5.75 Å². The summed E-state index contributed by atoms with van der Waals surface area (Å²) in [5, 5.41) is 3.66. The second kappa shape index (κ2) is 8.43. The molecule has 0 unspecified atom stereocenters. The zero-order chi connectivity index (χ0) is 15.9. The van der Waals surface area contributed by atoms with Gasteiger partial charge in [0, 0.05) is 6.54 Å². The standard InChI is InChI=1S/C19H33NO/c1-7-19(8-2,14-20-13-15(3)4)12-17-11-16(5)9-10-18(17)21-6/h9-11,15,20H,7-8,12-14H2,1-6H3. The number of methoxy groups -OCH3 is 1. The van der Waals surface area contributed by atoms with Gasteiger partial charge < -0.3 is 10.1 Å². The van der Waals surface area contributed by atoms with Crippen LogP contribution in [0.4, 0.5) is 0 Å². The quantitative estimate of drug-likeness (QED) is 0.718. The summed E-state index contributed by atoms with van der Waals surface area (Å²) in [6, 6.07) is 6.50. The monoisotopic (exact) mass is 291 g/mol. The molecule has 2 heteroatoms. The summed E-state index contributed by atoms with van der Waals surface area (Å²) < 4.78 is 5.56. The third kappa shape index (κ3) is 5.35. The molecule has 0 saturated heterocycles. The molecule has 0 amide bonds. The molecule has 0 aliphatic carbocycles. The number of nitrogens with one attached hydrogen (secondary N) is 1. The van der Waals surface area contributed by atoms with E-state index in [1.807, 2.05) is 0 Å². The van der Waals surface area contributed by atoms with Crippen LogP contribution in [0.3, 0.4) is 0 Å². The summed E-state index contributed by atoms with van der Waals surface area (Å²) in [5.74, 6) is 1.72. The third-order valence-corrected chi connectivity index (χ3v) is 4.55. The van der Waals surface area contributed by atoms with Gasteiger partial charge in [0.2, 0.25) is 0 Å². The van der Waals surface area contributed by atoms with E-state index in [9.17, 15) is 0 Å². The van der Waals surface area contributed by atoms with E-state index >= 15 is 0 Å². The van der Waals surface area contributed by atoms with E-state index in [1.165, 1.54) is 24.0 Å². The predicted molar refractivity (Wildman–Crippen MR) is 92.2 cm³/mol. The Morgan fingerprint density at radius 3 is 2.38 bits per heavy atom. The van der Waals surface area contributed by atoms with Gasteiger partial charge in [0.1, 0.15) is 5.75 Å². The largest absolute Gasteiger partial charge is 0.496 e. The zero-order valence-corrected chi connectivity index (χ0v) is 14.8. The molecule has 120 valence electrons. The maximum absolute atomic E-state index is 5.56. The maximum atomic E-state index is 5.56. The smallest absolute Gasteiger partial charge is 0.122 e. The lowest BCUT2D eigenvalue weighted by Gasteiger charge is -2.33. The van der Waals surface area contributed by atoms with E-state index < -0.39 is 0 Å². The van der Waals surface area contributed by atoms with Gasteiger partial charge in [0.25, 0.3) is 0 Å². The van der Waals surface area contributed by atoms with Crippen molar-refractivity contribution >= 4 is 0 Å². The highest BCUT2D eigenvalue weighted by Crippen LogP contribution is 2.34. The SMILES string of the molecule is CCC(CC)(CNCC(C)C)Cc1cc(C)ccc1OC. The normalized spacial score (nSPS) is 12.0. The minimum absolute atomic E-state index is 0.315. The lowest BCUT2D eigenvalue weighted by atomic mass is 9.76. The predicted octanol–water partition coefficient (Wildman–Crippen LogP) is 4.60. The van der Waals surface area contributed by atoms with Crippen LogP contribution in [-0.2, 0) is 6.42 Å². The van der Waals surface area contributed by atoms with Crippen LogP contribution >= 0.6 is 0 Å². The van der Waals surface area contributed by atoms with Gasteiger partial charge in [0.15, 0.2) is 0 Å². The van der Waals surface area contributed by atoms with Crippen molar-refractivity contribution in [2.75, 3.05) is 20.2 Å². The molecule has 0 atom stereocenters. The van der Waals surface area contributed by atoms with Gasteiger partial charge in [-0.2, -0.15) is 0 Å². The minimum atomic E-state index is 0.315. The van der Waals surface area contributed by atoms with Crippen LogP contribution in [0, 0.1) is 18.3 Å². The first-order valence-electron chi connectivity index (χ1n) is 8.30. The fourth-order valence-electron chi connectivity index (χ4n) is 2.89. The summed E-state index contributed by atoms with van der Waals surface area (Å²) in [4.78, 5) is 0. The molecule has 0 heterocycles. The summed E-state index contributed by atoms with van der Waals surface area (Å²) in [7, 11) is 1.77. The Bertz CT molecular complexity index is 422. The van der Waals surface area contributed by atoms with Crippen LogP contribution in [0.5, 0.6) is 5.75 Å². The highest BCUT2D eigenvalue weighted by atomic mass is 16.5. The van der Waals surface area contributed by atoms with Gasteiger partial charge in [0.05, 0.1) is 7.11 Å². The number of hydrogen-bond acceptors (Lipinski definition) is 2. The van der Waals surface area contributed by atoms with Crippen molar-refractivity contribution in [3.63, 3.8) is 0 Å². The van der Waals surface area contributed by atoms with Crippen molar-refractivity contribution in [1.82, 2.24) is 5.32 Å². The second-order valence-electron chi connectivity index (χ2n) is 6.72.